The lowest BCUT2D eigenvalue weighted by atomic mass is 10.1. The summed E-state index contributed by atoms with van der Waals surface area (Å²) in [5.74, 6) is 3.69. The minimum atomic E-state index is -0.672. The topological polar surface area (TPSA) is 102 Å². The summed E-state index contributed by atoms with van der Waals surface area (Å²) in [5, 5.41) is 3.46. The van der Waals surface area contributed by atoms with Crippen molar-refractivity contribution in [3.8, 4) is 0 Å². The number of hydrogen-bond donors (Lipinski definition) is 2. The van der Waals surface area contributed by atoms with Crippen LogP contribution in [0.4, 0.5) is 0 Å². The van der Waals surface area contributed by atoms with Crippen molar-refractivity contribution in [1.29, 1.82) is 0 Å². The van der Waals surface area contributed by atoms with Gasteiger partial charge in [0, 0.05) is 13.1 Å². The maximum Gasteiger partial charge on any atom is 0.235 e. The zero-order valence-electron chi connectivity index (χ0n) is 10.5. The van der Waals surface area contributed by atoms with Crippen molar-refractivity contribution in [3.63, 3.8) is 0 Å². The van der Waals surface area contributed by atoms with E-state index in [4.69, 9.17) is 11.6 Å². The maximum atomic E-state index is 11.9. The van der Waals surface area contributed by atoms with Gasteiger partial charge in [0.25, 0.3) is 0 Å². The standard InChI is InChI=1S/C13H16N4O2/c14-12(18)11-4-5-17(13(11)19)8-10-3-1-2-9(6-10)7-16-15/h1-3,6-7,11H,4-5,8,15H2,(H2,14,18)/t11-/m0/s1. The molecule has 0 aromatic heterocycles. The molecule has 0 spiro atoms. The highest BCUT2D eigenvalue weighted by Gasteiger charge is 2.35. The fourth-order valence-electron chi connectivity index (χ4n) is 2.24. The quantitative estimate of drug-likeness (QED) is 0.339. The highest BCUT2D eigenvalue weighted by molar-refractivity contribution is 6.00. The van der Waals surface area contributed by atoms with Crippen LogP contribution in [0.2, 0.25) is 0 Å². The SMILES string of the molecule is NN=Cc1cccc(CN2CC[C@@H](C(N)=O)C2=O)c1. The second-order valence-corrected chi connectivity index (χ2v) is 4.53. The van der Waals surface area contributed by atoms with E-state index in [1.165, 1.54) is 0 Å². The van der Waals surface area contributed by atoms with Crippen LogP contribution < -0.4 is 11.6 Å². The number of nitrogens with zero attached hydrogens (tertiary/aromatic N) is 2. The molecule has 1 saturated heterocycles. The Labute approximate surface area is 111 Å². The molecule has 1 heterocycles. The highest BCUT2D eigenvalue weighted by atomic mass is 16.2. The Hall–Kier alpha value is -2.37. The second kappa shape index (κ2) is 5.51. The molecular weight excluding hydrogens is 244 g/mol. The molecule has 0 unspecified atom stereocenters. The lowest BCUT2D eigenvalue weighted by Gasteiger charge is -2.16. The summed E-state index contributed by atoms with van der Waals surface area (Å²) in [4.78, 5) is 24.7. The molecule has 0 saturated carbocycles. The fraction of sp³-hybridized carbons (Fsp3) is 0.308. The summed E-state index contributed by atoms with van der Waals surface area (Å²) < 4.78 is 0. The van der Waals surface area contributed by atoms with Gasteiger partial charge in [-0.1, -0.05) is 18.2 Å². The molecule has 2 amide bonds. The molecule has 100 valence electrons. The molecule has 1 aliphatic rings. The number of rotatable bonds is 4. The van der Waals surface area contributed by atoms with Gasteiger partial charge in [-0.25, -0.2) is 0 Å². The molecule has 6 nitrogen and oxygen atoms in total. The van der Waals surface area contributed by atoms with Crippen LogP contribution in [0.3, 0.4) is 0 Å². The van der Waals surface area contributed by atoms with Crippen molar-refractivity contribution in [1.82, 2.24) is 4.90 Å². The molecule has 0 bridgehead atoms. The van der Waals surface area contributed by atoms with Gasteiger partial charge in [0.1, 0.15) is 5.92 Å². The van der Waals surface area contributed by atoms with Gasteiger partial charge in [0.15, 0.2) is 0 Å². The van der Waals surface area contributed by atoms with E-state index in [1.807, 2.05) is 24.3 Å². The molecular formula is C13H16N4O2. The van der Waals surface area contributed by atoms with Crippen LogP contribution in [0.5, 0.6) is 0 Å². The first-order chi connectivity index (χ1) is 9.11. The second-order valence-electron chi connectivity index (χ2n) is 4.53. The largest absolute Gasteiger partial charge is 0.369 e. The van der Waals surface area contributed by atoms with Crippen molar-refractivity contribution < 1.29 is 9.59 Å². The minimum Gasteiger partial charge on any atom is -0.369 e. The van der Waals surface area contributed by atoms with Gasteiger partial charge in [-0.2, -0.15) is 5.10 Å². The van der Waals surface area contributed by atoms with E-state index >= 15 is 0 Å². The van der Waals surface area contributed by atoms with E-state index in [-0.39, 0.29) is 5.91 Å². The van der Waals surface area contributed by atoms with Crippen LogP contribution in [0.1, 0.15) is 17.5 Å². The van der Waals surface area contributed by atoms with E-state index in [1.54, 1.807) is 11.1 Å². The molecule has 0 radical (unpaired) electrons. The summed E-state index contributed by atoms with van der Waals surface area (Å²) in [6, 6.07) is 7.57. The zero-order chi connectivity index (χ0) is 13.8. The van der Waals surface area contributed by atoms with Crippen LogP contribution >= 0.6 is 0 Å². The molecule has 1 aromatic rings. The average Bonchev–Trinajstić information content (AvgIpc) is 2.72. The maximum absolute atomic E-state index is 11.9. The number of carbonyl (C=O) groups excluding carboxylic acids is 2. The number of amides is 2. The van der Waals surface area contributed by atoms with Gasteiger partial charge in [-0.05, 0) is 23.6 Å². The van der Waals surface area contributed by atoms with Gasteiger partial charge < -0.3 is 16.5 Å². The van der Waals surface area contributed by atoms with Crippen molar-refractivity contribution in [2.24, 2.45) is 22.6 Å². The molecule has 1 fully saturated rings. The summed E-state index contributed by atoms with van der Waals surface area (Å²) in [6.07, 6.45) is 2.04. The zero-order valence-corrected chi connectivity index (χ0v) is 10.5. The lowest BCUT2D eigenvalue weighted by molar-refractivity contribution is -0.136. The van der Waals surface area contributed by atoms with Gasteiger partial charge in [-0.15, -0.1) is 0 Å². The molecule has 1 aliphatic heterocycles. The average molecular weight is 260 g/mol. The molecule has 2 rings (SSSR count). The van der Waals surface area contributed by atoms with E-state index in [9.17, 15) is 9.59 Å². The number of nitrogens with two attached hydrogens (primary N) is 2. The van der Waals surface area contributed by atoms with Crippen molar-refractivity contribution in [2.45, 2.75) is 13.0 Å². The van der Waals surface area contributed by atoms with E-state index in [2.05, 4.69) is 5.10 Å². The molecule has 1 aromatic carbocycles. The molecule has 4 N–H and O–H groups in total. The number of primary amides is 1. The lowest BCUT2D eigenvalue weighted by Crippen LogP contribution is -2.33. The number of hydrogen-bond acceptors (Lipinski definition) is 4. The summed E-state index contributed by atoms with van der Waals surface area (Å²) in [5.41, 5.74) is 7.03. The van der Waals surface area contributed by atoms with Crippen molar-refractivity contribution in [3.05, 3.63) is 35.4 Å². The van der Waals surface area contributed by atoms with Crippen molar-refractivity contribution in [2.75, 3.05) is 6.54 Å². The Morgan fingerprint density at radius 2 is 2.32 bits per heavy atom. The van der Waals surface area contributed by atoms with E-state index in [0.29, 0.717) is 19.5 Å². The molecule has 1 atom stereocenters. The van der Waals surface area contributed by atoms with Crippen LogP contribution in [0.25, 0.3) is 0 Å². The number of benzene rings is 1. The fourth-order valence-corrected chi connectivity index (χ4v) is 2.24. The van der Waals surface area contributed by atoms with Crippen LogP contribution in [0.15, 0.2) is 29.4 Å². The summed E-state index contributed by atoms with van der Waals surface area (Å²) in [6.45, 7) is 1.02. The Morgan fingerprint density at radius 3 is 2.95 bits per heavy atom. The summed E-state index contributed by atoms with van der Waals surface area (Å²) in [7, 11) is 0. The number of likely N-dealkylation sites (tertiary alicyclic amines) is 1. The van der Waals surface area contributed by atoms with Gasteiger partial charge in [-0.3, -0.25) is 9.59 Å². The third kappa shape index (κ3) is 2.90. The first kappa shape index (κ1) is 13.1. The number of hydrazone groups is 1. The molecule has 19 heavy (non-hydrogen) atoms. The number of carbonyl (C=O) groups is 2. The third-order valence-corrected chi connectivity index (χ3v) is 3.19. The van der Waals surface area contributed by atoms with Crippen LogP contribution in [-0.4, -0.2) is 29.5 Å². The smallest absolute Gasteiger partial charge is 0.235 e. The first-order valence-electron chi connectivity index (χ1n) is 6.02. The van der Waals surface area contributed by atoms with E-state index in [0.717, 1.165) is 11.1 Å². The van der Waals surface area contributed by atoms with Crippen molar-refractivity contribution >= 4 is 18.0 Å². The monoisotopic (exact) mass is 260 g/mol. The van der Waals surface area contributed by atoms with Gasteiger partial charge in [0.05, 0.1) is 6.21 Å². The first-order valence-corrected chi connectivity index (χ1v) is 6.02. The predicted octanol–water partition coefficient (Wildman–Crippen LogP) is -0.187. The minimum absolute atomic E-state index is 0.189. The van der Waals surface area contributed by atoms with Gasteiger partial charge in [0.2, 0.25) is 11.8 Å². The highest BCUT2D eigenvalue weighted by Crippen LogP contribution is 2.20. The van der Waals surface area contributed by atoms with E-state index < -0.39 is 11.8 Å². The molecule has 0 aliphatic carbocycles. The van der Waals surface area contributed by atoms with Gasteiger partial charge >= 0.3 is 0 Å². The Kier molecular flexibility index (Phi) is 3.79. The Bertz CT molecular complexity index is 527. The Morgan fingerprint density at radius 1 is 1.53 bits per heavy atom. The molecule has 6 heteroatoms. The summed E-state index contributed by atoms with van der Waals surface area (Å²) >= 11 is 0. The third-order valence-electron chi connectivity index (χ3n) is 3.19. The Balaban J connectivity index is 2.08. The normalized spacial score (nSPS) is 19.3. The van der Waals surface area contributed by atoms with Crippen LogP contribution in [-0.2, 0) is 16.1 Å². The van der Waals surface area contributed by atoms with Crippen LogP contribution in [0, 0.1) is 5.92 Å². The predicted molar refractivity (Wildman–Crippen MR) is 70.9 cm³/mol.